The lowest BCUT2D eigenvalue weighted by Gasteiger charge is -2.26. The minimum absolute atomic E-state index is 0.0298. The van der Waals surface area contributed by atoms with Gasteiger partial charge in [0.25, 0.3) is 0 Å². The molecule has 6 nitrogen and oxygen atoms in total. The summed E-state index contributed by atoms with van der Waals surface area (Å²) in [5.41, 5.74) is 1.11. The van der Waals surface area contributed by atoms with E-state index in [0.29, 0.717) is 32.5 Å². The molecular formula is C20H31NO5. The summed E-state index contributed by atoms with van der Waals surface area (Å²) in [5.74, 6) is 0.800. The summed E-state index contributed by atoms with van der Waals surface area (Å²) in [6.45, 7) is 1.53. The maximum Gasteiger partial charge on any atom is 0.224 e. The number of para-hydroxylation sites is 1. The molecule has 146 valence electrons. The van der Waals surface area contributed by atoms with Gasteiger partial charge in [-0.3, -0.25) is 4.79 Å². The monoisotopic (exact) mass is 365 g/mol. The van der Waals surface area contributed by atoms with Gasteiger partial charge < -0.3 is 24.6 Å². The van der Waals surface area contributed by atoms with Crippen LogP contribution in [0.4, 0.5) is 0 Å². The molecule has 6 heteroatoms. The van der Waals surface area contributed by atoms with Crippen molar-refractivity contribution in [3.8, 4) is 5.75 Å². The van der Waals surface area contributed by atoms with Gasteiger partial charge in [-0.1, -0.05) is 24.6 Å². The molecule has 1 amide bonds. The Hall–Kier alpha value is -1.63. The van der Waals surface area contributed by atoms with Crippen LogP contribution in [0.1, 0.15) is 37.7 Å². The number of amides is 1. The lowest BCUT2D eigenvalue weighted by molar-refractivity contribution is -0.132. The predicted octanol–water partition coefficient (Wildman–Crippen LogP) is 1.77. The third-order valence-electron chi connectivity index (χ3n) is 4.77. The smallest absolute Gasteiger partial charge is 0.224 e. The predicted molar refractivity (Wildman–Crippen MR) is 99.2 cm³/mol. The first-order chi connectivity index (χ1) is 12.6. The van der Waals surface area contributed by atoms with Gasteiger partial charge in [0.2, 0.25) is 5.91 Å². The van der Waals surface area contributed by atoms with Crippen LogP contribution in [-0.4, -0.2) is 66.6 Å². The van der Waals surface area contributed by atoms with Gasteiger partial charge in [0.05, 0.1) is 19.1 Å². The first-order valence-electron chi connectivity index (χ1n) is 9.45. The van der Waals surface area contributed by atoms with Gasteiger partial charge in [-0.05, 0) is 37.3 Å². The van der Waals surface area contributed by atoms with E-state index in [1.54, 1.807) is 12.0 Å². The van der Waals surface area contributed by atoms with Gasteiger partial charge in [0.15, 0.2) is 0 Å². The van der Waals surface area contributed by atoms with Crippen molar-refractivity contribution < 1.29 is 24.5 Å². The maximum atomic E-state index is 12.3. The van der Waals surface area contributed by atoms with Crippen LogP contribution in [0.5, 0.6) is 5.75 Å². The van der Waals surface area contributed by atoms with Crippen LogP contribution in [0.2, 0.25) is 0 Å². The Balaban J connectivity index is 2.02. The molecular weight excluding hydrogens is 334 g/mol. The van der Waals surface area contributed by atoms with Crippen molar-refractivity contribution >= 4 is 5.91 Å². The van der Waals surface area contributed by atoms with E-state index in [-0.39, 0.29) is 12.5 Å². The minimum Gasteiger partial charge on any atom is -0.491 e. The summed E-state index contributed by atoms with van der Waals surface area (Å²) < 4.78 is 10.7. The van der Waals surface area contributed by atoms with Gasteiger partial charge in [-0.15, -0.1) is 0 Å². The molecule has 0 aliphatic carbocycles. The van der Waals surface area contributed by atoms with Crippen molar-refractivity contribution in [2.24, 2.45) is 0 Å². The molecule has 0 saturated heterocycles. The molecule has 0 saturated carbocycles. The Kier molecular flexibility index (Phi) is 8.88. The molecule has 0 bridgehead atoms. The quantitative estimate of drug-likeness (QED) is 0.853. The summed E-state index contributed by atoms with van der Waals surface area (Å²) in [7, 11) is 1.58. The van der Waals surface area contributed by atoms with Crippen molar-refractivity contribution in [1.29, 1.82) is 0 Å². The molecule has 1 heterocycles. The Morgan fingerprint density at radius 3 is 2.81 bits per heavy atom. The number of methoxy groups -OCH3 is 1. The third-order valence-corrected chi connectivity index (χ3v) is 4.77. The molecule has 1 aliphatic heterocycles. The first kappa shape index (κ1) is 20.7. The number of nitrogens with zero attached hydrogens (tertiary/aromatic N) is 1. The van der Waals surface area contributed by atoms with Crippen molar-refractivity contribution in [3.05, 3.63) is 29.8 Å². The highest BCUT2D eigenvalue weighted by atomic mass is 16.5. The fourth-order valence-electron chi connectivity index (χ4n) is 3.12. The van der Waals surface area contributed by atoms with Crippen molar-refractivity contribution in [1.82, 2.24) is 4.90 Å². The zero-order valence-corrected chi connectivity index (χ0v) is 15.6. The van der Waals surface area contributed by atoms with Crippen LogP contribution in [-0.2, 0) is 16.0 Å². The molecule has 0 radical (unpaired) electrons. The summed E-state index contributed by atoms with van der Waals surface area (Å²) in [6, 6.07) is 7.82. The zero-order valence-electron chi connectivity index (χ0n) is 15.6. The SMILES string of the molecule is COCCC(=O)N1CCCCCc2ccccc2OC[C@@H](O)[C@@H](O)CC1. The number of hydrogen-bond acceptors (Lipinski definition) is 5. The Labute approximate surface area is 155 Å². The number of carbonyl (C=O) groups excluding carboxylic acids is 1. The molecule has 1 aromatic rings. The van der Waals surface area contributed by atoms with Crippen LogP contribution in [0.25, 0.3) is 0 Å². The van der Waals surface area contributed by atoms with Crippen molar-refractivity contribution in [2.45, 2.75) is 50.7 Å². The Morgan fingerprint density at radius 2 is 2.00 bits per heavy atom. The molecule has 2 atom stereocenters. The second-order valence-electron chi connectivity index (χ2n) is 6.78. The summed E-state index contributed by atoms with van der Waals surface area (Å²) in [6.07, 6.45) is 2.60. The highest BCUT2D eigenvalue weighted by molar-refractivity contribution is 5.76. The maximum absolute atomic E-state index is 12.3. The van der Waals surface area contributed by atoms with Crippen LogP contribution < -0.4 is 4.74 Å². The largest absolute Gasteiger partial charge is 0.491 e. The van der Waals surface area contributed by atoms with Crippen LogP contribution in [0.3, 0.4) is 0 Å². The van der Waals surface area contributed by atoms with E-state index in [9.17, 15) is 15.0 Å². The minimum atomic E-state index is -0.984. The highest BCUT2D eigenvalue weighted by Crippen LogP contribution is 2.21. The van der Waals surface area contributed by atoms with E-state index < -0.39 is 12.2 Å². The lowest BCUT2D eigenvalue weighted by Crippen LogP contribution is -2.39. The molecule has 0 aromatic heterocycles. The molecule has 26 heavy (non-hydrogen) atoms. The average molecular weight is 365 g/mol. The molecule has 0 spiro atoms. The number of hydrogen-bond donors (Lipinski definition) is 2. The Bertz CT molecular complexity index is 551. The number of carbonyl (C=O) groups is 1. The molecule has 2 N–H and O–H groups in total. The van der Waals surface area contributed by atoms with E-state index in [1.165, 1.54) is 0 Å². The number of ether oxygens (including phenoxy) is 2. The third kappa shape index (κ3) is 6.59. The number of aliphatic hydroxyl groups is 2. The average Bonchev–Trinajstić information content (AvgIpc) is 2.66. The van der Waals surface area contributed by atoms with Gasteiger partial charge in [-0.25, -0.2) is 0 Å². The standard InChI is InChI=1S/C20H31NO5/c1-25-14-11-20(24)21-12-6-2-3-7-16-8-4-5-9-19(16)26-15-18(23)17(22)10-13-21/h4-5,8-9,17-18,22-23H,2-3,6-7,10-15H2,1H3/t17-,18+/m0/s1. The molecule has 0 fully saturated rings. The highest BCUT2D eigenvalue weighted by Gasteiger charge is 2.21. The van der Waals surface area contributed by atoms with Gasteiger partial charge in [0.1, 0.15) is 18.5 Å². The number of fused-ring (bicyclic) bond motifs is 1. The van der Waals surface area contributed by atoms with Crippen molar-refractivity contribution in [2.75, 3.05) is 33.4 Å². The van der Waals surface area contributed by atoms with E-state index >= 15 is 0 Å². The lowest BCUT2D eigenvalue weighted by atomic mass is 10.0. The zero-order chi connectivity index (χ0) is 18.8. The number of benzene rings is 1. The van der Waals surface area contributed by atoms with E-state index in [0.717, 1.165) is 37.0 Å². The normalized spacial score (nSPS) is 22.8. The van der Waals surface area contributed by atoms with Gasteiger partial charge in [0, 0.05) is 20.2 Å². The van der Waals surface area contributed by atoms with Crippen LogP contribution in [0.15, 0.2) is 24.3 Å². The second kappa shape index (κ2) is 11.2. The molecule has 2 rings (SSSR count). The first-order valence-corrected chi connectivity index (χ1v) is 9.45. The second-order valence-corrected chi connectivity index (χ2v) is 6.78. The Morgan fingerprint density at radius 1 is 1.19 bits per heavy atom. The van der Waals surface area contributed by atoms with Gasteiger partial charge >= 0.3 is 0 Å². The van der Waals surface area contributed by atoms with Gasteiger partial charge in [-0.2, -0.15) is 0 Å². The number of aliphatic hydroxyl groups excluding tert-OH is 2. The fourth-order valence-corrected chi connectivity index (χ4v) is 3.12. The van der Waals surface area contributed by atoms with Crippen molar-refractivity contribution in [3.63, 3.8) is 0 Å². The van der Waals surface area contributed by atoms with Crippen LogP contribution in [0, 0.1) is 0 Å². The van der Waals surface area contributed by atoms with E-state index in [2.05, 4.69) is 0 Å². The number of aryl methyl sites for hydroxylation is 1. The summed E-state index contributed by atoms with van der Waals surface area (Å²) in [4.78, 5) is 14.1. The summed E-state index contributed by atoms with van der Waals surface area (Å²) >= 11 is 0. The fraction of sp³-hybridized carbons (Fsp3) is 0.650. The topological polar surface area (TPSA) is 79.2 Å². The number of rotatable bonds is 3. The van der Waals surface area contributed by atoms with E-state index in [4.69, 9.17) is 9.47 Å². The molecule has 1 aliphatic rings. The molecule has 1 aromatic carbocycles. The van der Waals surface area contributed by atoms with Crippen LogP contribution >= 0.6 is 0 Å². The molecule has 0 unspecified atom stereocenters. The van der Waals surface area contributed by atoms with E-state index in [1.807, 2.05) is 24.3 Å². The summed E-state index contributed by atoms with van der Waals surface area (Å²) in [5, 5.41) is 20.4.